The summed E-state index contributed by atoms with van der Waals surface area (Å²) >= 11 is 0. The minimum absolute atomic E-state index is 0.0734. The molecule has 4 heteroatoms. The Morgan fingerprint density at radius 2 is 2.06 bits per heavy atom. The number of carbonyl (C=O) groups excluding carboxylic acids is 1. The van der Waals surface area contributed by atoms with Gasteiger partial charge in [-0.05, 0) is 36.7 Å². The fourth-order valence-electron chi connectivity index (χ4n) is 4.29. The molecule has 1 saturated heterocycles. The first-order valence-corrected chi connectivity index (χ1v) is 6.80. The molecule has 1 heterocycles. The summed E-state index contributed by atoms with van der Waals surface area (Å²) in [5.74, 6) is 1.24. The fraction of sp³-hybridized carbons (Fsp3) is 0.923. The SMILES string of the molecule is C[C@H]1OC(=O)[C@@H]2C[C@@H]3CCCCC3C[C@]12N=[NH2+]. The summed E-state index contributed by atoms with van der Waals surface area (Å²) in [7, 11) is 0. The van der Waals surface area contributed by atoms with Gasteiger partial charge in [-0.25, -0.2) is 0 Å². The van der Waals surface area contributed by atoms with Crippen LogP contribution in [0.2, 0.25) is 0 Å². The van der Waals surface area contributed by atoms with E-state index in [1.165, 1.54) is 25.7 Å². The lowest BCUT2D eigenvalue weighted by Crippen LogP contribution is -2.53. The maximum absolute atomic E-state index is 11.9. The summed E-state index contributed by atoms with van der Waals surface area (Å²) in [6.07, 6.45) is 6.91. The zero-order valence-electron chi connectivity index (χ0n) is 10.4. The highest BCUT2D eigenvalue weighted by Gasteiger charge is 2.62. The van der Waals surface area contributed by atoms with Crippen LogP contribution in [0.1, 0.15) is 45.4 Å². The Balaban J connectivity index is 1.92. The third-order valence-corrected chi connectivity index (χ3v) is 5.32. The van der Waals surface area contributed by atoms with Crippen LogP contribution in [0.3, 0.4) is 0 Å². The third kappa shape index (κ3) is 1.45. The smallest absolute Gasteiger partial charge is 0.312 e. The van der Waals surface area contributed by atoms with Gasteiger partial charge >= 0.3 is 5.97 Å². The number of carbonyl (C=O) groups is 1. The first-order valence-electron chi connectivity index (χ1n) is 6.80. The van der Waals surface area contributed by atoms with E-state index in [4.69, 9.17) is 10.3 Å². The molecule has 3 aliphatic rings. The van der Waals surface area contributed by atoms with Gasteiger partial charge in [-0.15, -0.1) is 0 Å². The van der Waals surface area contributed by atoms with Gasteiger partial charge in [0.2, 0.25) is 0 Å². The highest BCUT2D eigenvalue weighted by Crippen LogP contribution is 2.53. The van der Waals surface area contributed by atoms with E-state index >= 15 is 0 Å². The second kappa shape index (κ2) is 3.79. The van der Waals surface area contributed by atoms with Crippen molar-refractivity contribution in [3.63, 3.8) is 0 Å². The average molecular weight is 237 g/mol. The van der Waals surface area contributed by atoms with Gasteiger partial charge in [-0.2, -0.15) is 5.53 Å². The van der Waals surface area contributed by atoms with Gasteiger partial charge in [0, 0.05) is 0 Å². The molecule has 2 N–H and O–H groups in total. The predicted molar refractivity (Wildman–Crippen MR) is 60.8 cm³/mol. The molecular formula is C13H21N2O2+. The summed E-state index contributed by atoms with van der Waals surface area (Å²) in [6.45, 7) is 1.94. The van der Waals surface area contributed by atoms with Gasteiger partial charge in [0.25, 0.3) is 0 Å². The zero-order chi connectivity index (χ0) is 12.0. The Bertz CT molecular complexity index is 357. The summed E-state index contributed by atoms with van der Waals surface area (Å²) < 4.78 is 5.40. The first kappa shape index (κ1) is 11.2. The first-order chi connectivity index (χ1) is 8.17. The lowest BCUT2D eigenvalue weighted by molar-refractivity contribution is -0.249. The maximum atomic E-state index is 11.9. The highest BCUT2D eigenvalue weighted by atomic mass is 16.6. The maximum Gasteiger partial charge on any atom is 0.312 e. The van der Waals surface area contributed by atoms with E-state index in [-0.39, 0.29) is 18.0 Å². The quantitative estimate of drug-likeness (QED) is 0.548. The number of nitrogens with zero attached hydrogens (tertiary/aromatic N) is 1. The van der Waals surface area contributed by atoms with E-state index < -0.39 is 5.54 Å². The molecule has 2 aliphatic carbocycles. The van der Waals surface area contributed by atoms with Crippen LogP contribution < -0.4 is 5.53 Å². The van der Waals surface area contributed by atoms with Crippen LogP contribution in [0.5, 0.6) is 0 Å². The molecule has 3 fully saturated rings. The van der Waals surface area contributed by atoms with Crippen LogP contribution in [0.25, 0.3) is 0 Å². The van der Waals surface area contributed by atoms with Crippen molar-refractivity contribution >= 4 is 5.97 Å². The van der Waals surface area contributed by atoms with E-state index in [2.05, 4.69) is 5.11 Å². The molecule has 5 atom stereocenters. The second-order valence-electron chi connectivity index (χ2n) is 6.00. The molecule has 0 aromatic heterocycles. The van der Waals surface area contributed by atoms with Crippen LogP contribution in [0.15, 0.2) is 5.11 Å². The van der Waals surface area contributed by atoms with Crippen LogP contribution in [-0.4, -0.2) is 17.6 Å². The molecular weight excluding hydrogens is 216 g/mol. The molecule has 0 aromatic carbocycles. The van der Waals surface area contributed by atoms with Crippen LogP contribution in [0, 0.1) is 17.8 Å². The van der Waals surface area contributed by atoms with Crippen molar-refractivity contribution in [3.8, 4) is 0 Å². The Hall–Kier alpha value is -0.930. The van der Waals surface area contributed by atoms with Gasteiger partial charge in [0.05, 0.1) is 5.92 Å². The Morgan fingerprint density at radius 3 is 2.76 bits per heavy atom. The minimum Gasteiger partial charge on any atom is -0.460 e. The predicted octanol–water partition coefficient (Wildman–Crippen LogP) is 1.10. The number of esters is 1. The van der Waals surface area contributed by atoms with Crippen molar-refractivity contribution in [3.05, 3.63) is 0 Å². The number of fused-ring (bicyclic) bond motifs is 2. The van der Waals surface area contributed by atoms with Gasteiger partial charge in [-0.1, -0.05) is 25.7 Å². The van der Waals surface area contributed by atoms with E-state index in [1.54, 1.807) is 0 Å². The number of hydrogen-bond acceptors (Lipinski definition) is 3. The van der Waals surface area contributed by atoms with Crippen molar-refractivity contribution in [2.24, 2.45) is 22.9 Å². The Labute approximate surface area is 102 Å². The summed E-state index contributed by atoms with van der Waals surface area (Å²) in [5, 5.41) is 4.12. The molecule has 17 heavy (non-hydrogen) atoms. The topological polar surface area (TPSA) is 64.2 Å². The van der Waals surface area contributed by atoms with Crippen LogP contribution in [0.4, 0.5) is 0 Å². The summed E-state index contributed by atoms with van der Waals surface area (Å²) in [6, 6.07) is 0. The lowest BCUT2D eigenvalue weighted by Gasteiger charge is -2.43. The molecule has 0 amide bonds. The lowest BCUT2D eigenvalue weighted by atomic mass is 9.60. The van der Waals surface area contributed by atoms with Gasteiger partial charge in [0.1, 0.15) is 6.10 Å². The Morgan fingerprint density at radius 1 is 1.35 bits per heavy atom. The van der Waals surface area contributed by atoms with Gasteiger partial charge in [-0.3, -0.25) is 4.79 Å². The summed E-state index contributed by atoms with van der Waals surface area (Å²) in [4.78, 5) is 11.9. The molecule has 2 saturated carbocycles. The number of ether oxygens (including phenoxy) is 1. The van der Waals surface area contributed by atoms with E-state index in [0.29, 0.717) is 11.8 Å². The number of hydrogen-bond donors (Lipinski definition) is 1. The van der Waals surface area contributed by atoms with Crippen LogP contribution >= 0.6 is 0 Å². The standard InChI is InChI=1S/C13H20N2O2/c1-8-13(15-14)7-10-5-3-2-4-9(10)6-11(13)12(16)17-8/h8-11,14H,2-7H2,1H3/p+1/t8-,9+,10?,11+,13+/m1/s1. The molecule has 0 radical (unpaired) electrons. The van der Waals surface area contributed by atoms with Gasteiger partial charge in [0.15, 0.2) is 5.54 Å². The number of cyclic esters (lactones) is 1. The van der Waals surface area contributed by atoms with Crippen molar-refractivity contribution in [1.82, 2.24) is 0 Å². The number of nitrogens with two attached hydrogens (primary N) is 1. The Kier molecular flexibility index (Phi) is 2.49. The number of rotatable bonds is 1. The van der Waals surface area contributed by atoms with Crippen molar-refractivity contribution in [2.75, 3.05) is 0 Å². The van der Waals surface area contributed by atoms with Crippen molar-refractivity contribution in [2.45, 2.75) is 57.1 Å². The monoisotopic (exact) mass is 237 g/mol. The fourth-order valence-corrected chi connectivity index (χ4v) is 4.29. The average Bonchev–Trinajstić information content (AvgIpc) is 2.59. The molecule has 4 nitrogen and oxygen atoms in total. The minimum atomic E-state index is -0.421. The molecule has 0 bridgehead atoms. The normalized spacial score (nSPS) is 49.1. The molecule has 0 spiro atoms. The van der Waals surface area contributed by atoms with E-state index in [9.17, 15) is 4.79 Å². The zero-order valence-corrected chi connectivity index (χ0v) is 10.4. The van der Waals surface area contributed by atoms with E-state index in [1.807, 2.05) is 6.92 Å². The second-order valence-corrected chi connectivity index (χ2v) is 6.00. The van der Waals surface area contributed by atoms with Gasteiger partial charge < -0.3 is 4.74 Å². The third-order valence-electron chi connectivity index (χ3n) is 5.32. The molecule has 1 unspecified atom stereocenters. The molecule has 1 aliphatic heterocycles. The highest BCUT2D eigenvalue weighted by molar-refractivity contribution is 5.77. The van der Waals surface area contributed by atoms with Crippen molar-refractivity contribution in [1.29, 1.82) is 0 Å². The van der Waals surface area contributed by atoms with Crippen LogP contribution in [-0.2, 0) is 9.53 Å². The molecule has 94 valence electrons. The summed E-state index contributed by atoms with van der Waals surface area (Å²) in [5.41, 5.74) is 5.23. The molecule has 3 rings (SSSR count). The largest absolute Gasteiger partial charge is 0.460 e. The van der Waals surface area contributed by atoms with E-state index in [0.717, 1.165) is 12.8 Å². The molecule has 0 aromatic rings. The van der Waals surface area contributed by atoms with Crippen molar-refractivity contribution < 1.29 is 15.1 Å².